The molecule has 4 rings (SSSR count). The van der Waals surface area contributed by atoms with Gasteiger partial charge in [0.2, 0.25) is 5.69 Å². The Labute approximate surface area is 186 Å². The number of carbonyl (C=O) groups is 1. The Hall–Kier alpha value is -3.69. The minimum Gasteiger partial charge on any atom is -0.348 e. The number of nitrogens with one attached hydrogen (secondary N) is 1. The maximum atomic E-state index is 13.2. The van der Waals surface area contributed by atoms with E-state index < -0.39 is 34.6 Å². The number of carbonyl (C=O) groups excluding carboxylic acids is 1. The van der Waals surface area contributed by atoms with Gasteiger partial charge >= 0.3 is 11.9 Å². The first-order valence-electron chi connectivity index (χ1n) is 10.3. The second-order valence-corrected chi connectivity index (χ2v) is 8.15. The van der Waals surface area contributed by atoms with Gasteiger partial charge in [0.25, 0.3) is 11.5 Å². The van der Waals surface area contributed by atoms with Crippen molar-refractivity contribution in [3.8, 4) is 5.69 Å². The fourth-order valence-electron chi connectivity index (χ4n) is 3.29. The molecule has 0 unspecified atom stereocenters. The summed E-state index contributed by atoms with van der Waals surface area (Å²) in [5.41, 5.74) is -0.471. The van der Waals surface area contributed by atoms with Crippen LogP contribution in [0.1, 0.15) is 45.6 Å². The molecule has 172 valence electrons. The predicted molar refractivity (Wildman–Crippen MR) is 115 cm³/mol. The van der Waals surface area contributed by atoms with Crippen LogP contribution in [0.3, 0.4) is 0 Å². The maximum Gasteiger partial charge on any atom is 0.416 e. The van der Waals surface area contributed by atoms with E-state index >= 15 is 0 Å². The molecule has 1 saturated carbocycles. The van der Waals surface area contributed by atoms with Gasteiger partial charge < -0.3 is 5.32 Å². The first kappa shape index (κ1) is 22.5. The highest BCUT2D eigenvalue weighted by Gasteiger charge is 2.30. The standard InChI is InChI=1S/C23H21F3N4O3/c1-13-3-10-18(11-14(13)2)30-22(33)29(12-15-4-6-16(7-5-15)23(24,25)26)21(32)19(28-30)20(31)27-17-8-9-17/h3-7,10-11,17H,8-9,12H2,1-2H3,(H,27,31). The van der Waals surface area contributed by atoms with Gasteiger partial charge in [-0.25, -0.2) is 4.79 Å². The summed E-state index contributed by atoms with van der Waals surface area (Å²) in [4.78, 5) is 38.9. The summed E-state index contributed by atoms with van der Waals surface area (Å²) in [5.74, 6) is -0.693. The molecular formula is C23H21F3N4O3. The molecule has 1 aliphatic rings. The maximum absolute atomic E-state index is 13.2. The van der Waals surface area contributed by atoms with E-state index in [1.165, 1.54) is 12.1 Å². The number of rotatable bonds is 5. The summed E-state index contributed by atoms with van der Waals surface area (Å²) in [5, 5.41) is 6.74. The molecule has 33 heavy (non-hydrogen) atoms. The highest BCUT2D eigenvalue weighted by atomic mass is 19.4. The first-order valence-corrected chi connectivity index (χ1v) is 10.3. The molecule has 2 aromatic carbocycles. The average Bonchev–Trinajstić information content (AvgIpc) is 3.57. The summed E-state index contributed by atoms with van der Waals surface area (Å²) in [6.07, 6.45) is -2.92. The van der Waals surface area contributed by atoms with Crippen LogP contribution in [0.2, 0.25) is 0 Å². The number of amides is 1. The molecular weight excluding hydrogens is 437 g/mol. The summed E-state index contributed by atoms with van der Waals surface area (Å²) in [6, 6.07) is 9.25. The van der Waals surface area contributed by atoms with E-state index in [0.717, 1.165) is 45.4 Å². The van der Waals surface area contributed by atoms with E-state index in [4.69, 9.17) is 0 Å². The number of aromatic nitrogens is 3. The summed E-state index contributed by atoms with van der Waals surface area (Å²) >= 11 is 0. The van der Waals surface area contributed by atoms with Gasteiger partial charge in [-0.2, -0.15) is 23.0 Å². The molecule has 1 amide bonds. The van der Waals surface area contributed by atoms with Crippen molar-refractivity contribution in [2.45, 2.75) is 45.5 Å². The van der Waals surface area contributed by atoms with Crippen LogP contribution in [0.15, 0.2) is 52.1 Å². The lowest BCUT2D eigenvalue weighted by Gasteiger charge is -2.13. The van der Waals surface area contributed by atoms with Gasteiger partial charge in [-0.1, -0.05) is 18.2 Å². The highest BCUT2D eigenvalue weighted by molar-refractivity contribution is 5.92. The highest BCUT2D eigenvalue weighted by Crippen LogP contribution is 2.29. The molecule has 7 nitrogen and oxygen atoms in total. The minimum atomic E-state index is -4.50. The van der Waals surface area contributed by atoms with Gasteiger partial charge in [-0.15, -0.1) is 0 Å². The van der Waals surface area contributed by atoms with Gasteiger partial charge in [-0.3, -0.25) is 14.2 Å². The number of hydrogen-bond donors (Lipinski definition) is 1. The van der Waals surface area contributed by atoms with Crippen molar-refractivity contribution in [3.63, 3.8) is 0 Å². The van der Waals surface area contributed by atoms with Crippen molar-refractivity contribution in [2.24, 2.45) is 0 Å². The molecule has 0 spiro atoms. The molecule has 1 heterocycles. The Balaban J connectivity index is 1.82. The van der Waals surface area contributed by atoms with Crippen molar-refractivity contribution >= 4 is 5.91 Å². The lowest BCUT2D eigenvalue weighted by atomic mass is 10.1. The lowest BCUT2D eigenvalue weighted by Crippen LogP contribution is -2.46. The zero-order chi connectivity index (χ0) is 23.9. The second-order valence-electron chi connectivity index (χ2n) is 8.15. The van der Waals surface area contributed by atoms with Gasteiger partial charge in [-0.05, 0) is 67.6 Å². The number of aryl methyl sites for hydroxylation is 2. The third-order valence-electron chi connectivity index (χ3n) is 5.54. The molecule has 3 aromatic rings. The molecule has 1 N–H and O–H groups in total. The molecule has 1 fully saturated rings. The normalized spacial score (nSPS) is 13.7. The van der Waals surface area contributed by atoms with Crippen molar-refractivity contribution in [1.82, 2.24) is 19.7 Å². The monoisotopic (exact) mass is 458 g/mol. The van der Waals surface area contributed by atoms with Crippen LogP contribution in [-0.2, 0) is 12.7 Å². The van der Waals surface area contributed by atoms with Gasteiger partial charge in [0.05, 0.1) is 17.8 Å². The van der Waals surface area contributed by atoms with Gasteiger partial charge in [0.15, 0.2) is 0 Å². The van der Waals surface area contributed by atoms with E-state index in [1.54, 1.807) is 18.2 Å². The topological polar surface area (TPSA) is 86.0 Å². The number of alkyl halides is 3. The largest absolute Gasteiger partial charge is 0.416 e. The molecule has 0 saturated heterocycles. The Morgan fingerprint density at radius 3 is 2.30 bits per heavy atom. The third-order valence-corrected chi connectivity index (χ3v) is 5.54. The molecule has 0 bridgehead atoms. The predicted octanol–water partition coefficient (Wildman–Crippen LogP) is 2.97. The number of halogens is 3. The van der Waals surface area contributed by atoms with Crippen molar-refractivity contribution < 1.29 is 18.0 Å². The summed E-state index contributed by atoms with van der Waals surface area (Å²) < 4.78 is 40.4. The fraction of sp³-hybridized carbons (Fsp3) is 0.304. The smallest absolute Gasteiger partial charge is 0.348 e. The van der Waals surface area contributed by atoms with Crippen LogP contribution in [0, 0.1) is 13.8 Å². The van der Waals surface area contributed by atoms with Crippen LogP contribution >= 0.6 is 0 Å². The first-order chi connectivity index (χ1) is 15.5. The average molecular weight is 458 g/mol. The Bertz CT molecular complexity index is 1340. The molecule has 0 radical (unpaired) electrons. The van der Waals surface area contributed by atoms with E-state index in [0.29, 0.717) is 11.3 Å². The van der Waals surface area contributed by atoms with Crippen molar-refractivity contribution in [3.05, 3.63) is 91.3 Å². The lowest BCUT2D eigenvalue weighted by molar-refractivity contribution is -0.137. The quantitative estimate of drug-likeness (QED) is 0.637. The molecule has 0 aliphatic heterocycles. The van der Waals surface area contributed by atoms with E-state index in [1.807, 2.05) is 13.8 Å². The molecule has 0 atom stereocenters. The van der Waals surface area contributed by atoms with E-state index in [2.05, 4.69) is 10.4 Å². The number of hydrogen-bond acceptors (Lipinski definition) is 4. The summed E-state index contributed by atoms with van der Waals surface area (Å²) in [6.45, 7) is 3.44. The zero-order valence-electron chi connectivity index (χ0n) is 17.9. The van der Waals surface area contributed by atoms with E-state index in [-0.39, 0.29) is 12.6 Å². The van der Waals surface area contributed by atoms with Crippen LogP contribution in [0.4, 0.5) is 13.2 Å². The van der Waals surface area contributed by atoms with Gasteiger partial charge in [0.1, 0.15) is 0 Å². The number of nitrogens with zero attached hydrogens (tertiary/aromatic N) is 3. The second kappa shape index (κ2) is 8.34. The van der Waals surface area contributed by atoms with Crippen LogP contribution < -0.4 is 16.6 Å². The SMILES string of the molecule is Cc1ccc(-n2nc(C(=O)NC3CC3)c(=O)n(Cc3ccc(C(F)(F)F)cc3)c2=O)cc1C. The van der Waals surface area contributed by atoms with Crippen LogP contribution in [0.25, 0.3) is 5.69 Å². The number of benzene rings is 2. The van der Waals surface area contributed by atoms with Crippen LogP contribution in [-0.4, -0.2) is 26.3 Å². The Morgan fingerprint density at radius 1 is 1.06 bits per heavy atom. The molecule has 10 heteroatoms. The van der Waals surface area contributed by atoms with E-state index in [9.17, 15) is 27.6 Å². The van der Waals surface area contributed by atoms with Crippen molar-refractivity contribution in [2.75, 3.05) is 0 Å². The van der Waals surface area contributed by atoms with Crippen LogP contribution in [0.5, 0.6) is 0 Å². The van der Waals surface area contributed by atoms with Gasteiger partial charge in [0, 0.05) is 6.04 Å². The molecule has 1 aromatic heterocycles. The zero-order valence-corrected chi connectivity index (χ0v) is 17.9. The fourth-order valence-corrected chi connectivity index (χ4v) is 3.29. The van der Waals surface area contributed by atoms with Crippen molar-refractivity contribution in [1.29, 1.82) is 0 Å². The minimum absolute atomic E-state index is 0.0379. The summed E-state index contributed by atoms with van der Waals surface area (Å²) in [7, 11) is 0. The Kier molecular flexibility index (Phi) is 5.69. The molecule has 1 aliphatic carbocycles. The third kappa shape index (κ3) is 4.74. The Morgan fingerprint density at radius 2 is 1.73 bits per heavy atom.